The lowest BCUT2D eigenvalue weighted by molar-refractivity contribution is -0.134. The molecule has 4 aromatic rings. The van der Waals surface area contributed by atoms with Gasteiger partial charge in [-0.1, -0.05) is 39.3 Å². The van der Waals surface area contributed by atoms with Crippen LogP contribution in [0.4, 0.5) is 10.1 Å². The molecule has 9 heteroatoms. The van der Waals surface area contributed by atoms with Crippen LogP contribution in [0.5, 0.6) is 0 Å². The molecule has 2 amide bonds. The number of aromatic nitrogens is 2. The summed E-state index contributed by atoms with van der Waals surface area (Å²) in [5.74, 6) is 0.479. The molecule has 0 saturated carbocycles. The van der Waals surface area contributed by atoms with Gasteiger partial charge in [-0.2, -0.15) is 0 Å². The molecule has 2 aliphatic rings. The summed E-state index contributed by atoms with van der Waals surface area (Å²) in [6.07, 6.45) is 4.97. The second-order valence-corrected chi connectivity index (χ2v) is 12.8. The SMILES string of the molecule is CCC[C@H](NC(=O)c1ccc2c(c1)nc(Cc1cccs1)n2C(CC)CC)C(=O)N1CC2CC1CN2c1cccc(F)c1. The van der Waals surface area contributed by atoms with E-state index < -0.39 is 6.04 Å². The van der Waals surface area contributed by atoms with E-state index in [4.69, 9.17) is 4.98 Å². The molecule has 2 saturated heterocycles. The van der Waals surface area contributed by atoms with E-state index in [1.807, 2.05) is 36.1 Å². The number of nitrogens with zero attached hydrogens (tertiary/aromatic N) is 4. The van der Waals surface area contributed by atoms with Gasteiger partial charge in [0, 0.05) is 47.7 Å². The lowest BCUT2D eigenvalue weighted by Gasteiger charge is -2.37. The Morgan fingerprint density at radius 3 is 2.56 bits per heavy atom. The topological polar surface area (TPSA) is 70.5 Å². The van der Waals surface area contributed by atoms with Crippen LogP contribution < -0.4 is 10.2 Å². The van der Waals surface area contributed by atoms with Crippen molar-refractivity contribution in [2.45, 2.75) is 83.5 Å². The summed E-state index contributed by atoms with van der Waals surface area (Å²) in [5.41, 5.74) is 3.21. The lowest BCUT2D eigenvalue weighted by atomic mass is 10.1. The summed E-state index contributed by atoms with van der Waals surface area (Å²) >= 11 is 1.73. The summed E-state index contributed by atoms with van der Waals surface area (Å²) in [7, 11) is 0. The maximum Gasteiger partial charge on any atom is 0.252 e. The van der Waals surface area contributed by atoms with Crippen LogP contribution in [0.3, 0.4) is 0 Å². The molecular weight excluding hydrogens is 561 g/mol. The molecule has 6 rings (SSSR count). The molecule has 4 heterocycles. The van der Waals surface area contributed by atoms with E-state index in [1.54, 1.807) is 23.5 Å². The predicted molar refractivity (Wildman–Crippen MR) is 170 cm³/mol. The number of halogens is 1. The number of nitrogens with one attached hydrogen (secondary N) is 1. The second kappa shape index (κ2) is 12.5. The molecule has 0 spiro atoms. The standard InChI is InChI=1S/C34H40FN5O2S/c1-4-9-29(34(42)39-21-26-18-27(39)20-38(26)25-11-7-10-23(35)17-25)37-33(41)22-13-14-31-30(16-22)36-32(19-28-12-8-15-43-28)40(31)24(5-2)6-3/h7-8,10-17,24,26-27,29H,4-6,9,18-21H2,1-3H3,(H,37,41)/t26?,27?,29-/m0/s1. The average Bonchev–Trinajstić information content (AvgIpc) is 3.82. The van der Waals surface area contributed by atoms with Crippen LogP contribution in [0.2, 0.25) is 0 Å². The number of carbonyl (C=O) groups excluding carboxylic acids is 2. The number of anilines is 1. The molecule has 3 atom stereocenters. The summed E-state index contributed by atoms with van der Waals surface area (Å²) in [6.45, 7) is 7.69. The van der Waals surface area contributed by atoms with E-state index in [0.717, 1.165) is 54.6 Å². The van der Waals surface area contributed by atoms with Crippen LogP contribution >= 0.6 is 11.3 Å². The molecule has 2 fully saturated rings. The van der Waals surface area contributed by atoms with Gasteiger partial charge < -0.3 is 19.7 Å². The average molecular weight is 602 g/mol. The van der Waals surface area contributed by atoms with Gasteiger partial charge in [-0.15, -0.1) is 11.3 Å². The van der Waals surface area contributed by atoms with Crippen LogP contribution in [0, 0.1) is 5.82 Å². The zero-order valence-corrected chi connectivity index (χ0v) is 25.9. The quantitative estimate of drug-likeness (QED) is 0.211. The Morgan fingerprint density at radius 1 is 1.05 bits per heavy atom. The van der Waals surface area contributed by atoms with Crippen molar-refractivity contribution in [1.82, 2.24) is 19.8 Å². The predicted octanol–water partition coefficient (Wildman–Crippen LogP) is 6.58. The third-order valence-electron chi connectivity index (χ3n) is 9.09. The largest absolute Gasteiger partial charge is 0.365 e. The number of thiophene rings is 1. The molecule has 7 nitrogen and oxygen atoms in total. The monoisotopic (exact) mass is 601 g/mol. The number of fused-ring (bicyclic) bond motifs is 3. The Labute approximate surface area is 256 Å². The summed E-state index contributed by atoms with van der Waals surface area (Å²) < 4.78 is 16.2. The molecule has 43 heavy (non-hydrogen) atoms. The fourth-order valence-electron chi connectivity index (χ4n) is 6.94. The first kappa shape index (κ1) is 29.4. The molecule has 2 aromatic carbocycles. The summed E-state index contributed by atoms with van der Waals surface area (Å²) in [5, 5.41) is 5.15. The fourth-order valence-corrected chi connectivity index (χ4v) is 7.64. The van der Waals surface area contributed by atoms with Crippen molar-refractivity contribution in [2.75, 3.05) is 18.0 Å². The van der Waals surface area contributed by atoms with Crippen LogP contribution in [-0.4, -0.2) is 57.5 Å². The van der Waals surface area contributed by atoms with Crippen molar-refractivity contribution in [3.05, 3.63) is 82.1 Å². The smallest absolute Gasteiger partial charge is 0.252 e. The van der Waals surface area contributed by atoms with E-state index in [9.17, 15) is 14.0 Å². The molecule has 2 aliphatic heterocycles. The maximum atomic E-state index is 13.8. The third-order valence-corrected chi connectivity index (χ3v) is 9.97. The number of likely N-dealkylation sites (tertiary alicyclic amines) is 1. The highest BCUT2D eigenvalue weighted by Crippen LogP contribution is 2.35. The van der Waals surface area contributed by atoms with Gasteiger partial charge in [0.25, 0.3) is 5.91 Å². The molecule has 2 aromatic heterocycles. The minimum absolute atomic E-state index is 0.0288. The first-order valence-corrected chi connectivity index (χ1v) is 16.4. The number of hydrogen-bond acceptors (Lipinski definition) is 5. The van der Waals surface area contributed by atoms with Gasteiger partial charge >= 0.3 is 0 Å². The summed E-state index contributed by atoms with van der Waals surface area (Å²) in [6, 6.07) is 16.5. The first-order chi connectivity index (χ1) is 20.9. The zero-order valence-electron chi connectivity index (χ0n) is 25.1. The van der Waals surface area contributed by atoms with E-state index in [-0.39, 0.29) is 29.7 Å². The van der Waals surface area contributed by atoms with Gasteiger partial charge in [-0.3, -0.25) is 9.59 Å². The van der Waals surface area contributed by atoms with Crippen LogP contribution in [0.15, 0.2) is 60.0 Å². The molecule has 2 unspecified atom stereocenters. The number of benzene rings is 2. The maximum absolute atomic E-state index is 13.8. The van der Waals surface area contributed by atoms with Gasteiger partial charge in [0.05, 0.1) is 17.1 Å². The number of carbonyl (C=O) groups is 2. The Balaban J connectivity index is 1.19. The van der Waals surface area contributed by atoms with Crippen molar-refractivity contribution in [1.29, 1.82) is 0 Å². The molecule has 226 valence electrons. The molecule has 2 bridgehead atoms. The number of piperazine rings is 1. The van der Waals surface area contributed by atoms with Crippen molar-refractivity contribution < 1.29 is 14.0 Å². The number of imidazole rings is 1. The Bertz CT molecular complexity index is 1600. The Morgan fingerprint density at radius 2 is 1.88 bits per heavy atom. The molecule has 1 N–H and O–H groups in total. The van der Waals surface area contributed by atoms with E-state index in [2.05, 4.69) is 46.1 Å². The van der Waals surface area contributed by atoms with Crippen molar-refractivity contribution in [3.63, 3.8) is 0 Å². The number of rotatable bonds is 11. The minimum atomic E-state index is -0.591. The van der Waals surface area contributed by atoms with Gasteiger partial charge in [-0.25, -0.2) is 9.37 Å². The van der Waals surface area contributed by atoms with Gasteiger partial charge in [0.2, 0.25) is 5.91 Å². The van der Waals surface area contributed by atoms with E-state index in [1.165, 1.54) is 10.9 Å². The minimum Gasteiger partial charge on any atom is -0.365 e. The van der Waals surface area contributed by atoms with Gasteiger partial charge in [0.1, 0.15) is 17.7 Å². The Kier molecular flexibility index (Phi) is 8.52. The van der Waals surface area contributed by atoms with Crippen molar-refractivity contribution >= 4 is 39.9 Å². The van der Waals surface area contributed by atoms with Gasteiger partial charge in [0.15, 0.2) is 0 Å². The first-order valence-electron chi connectivity index (χ1n) is 15.6. The zero-order chi connectivity index (χ0) is 30.1. The van der Waals surface area contributed by atoms with Crippen LogP contribution in [0.1, 0.15) is 80.0 Å². The Hall–Kier alpha value is -3.72. The van der Waals surface area contributed by atoms with Crippen molar-refractivity contribution in [3.8, 4) is 0 Å². The van der Waals surface area contributed by atoms with Crippen molar-refractivity contribution in [2.24, 2.45) is 0 Å². The van der Waals surface area contributed by atoms with Gasteiger partial charge in [-0.05, 0) is 73.5 Å². The fraction of sp³-hybridized carbons (Fsp3) is 0.441. The van der Waals surface area contributed by atoms with E-state index >= 15 is 0 Å². The molecular formula is C34H40FN5O2S. The highest BCUT2D eigenvalue weighted by Gasteiger charge is 2.46. The van der Waals surface area contributed by atoms with E-state index in [0.29, 0.717) is 31.1 Å². The summed E-state index contributed by atoms with van der Waals surface area (Å²) in [4.78, 5) is 37.7. The van der Waals surface area contributed by atoms with Crippen LogP contribution in [-0.2, 0) is 11.2 Å². The molecule has 0 radical (unpaired) electrons. The normalized spacial score (nSPS) is 18.6. The molecule has 0 aliphatic carbocycles. The highest BCUT2D eigenvalue weighted by molar-refractivity contribution is 7.09. The number of hydrogen-bond donors (Lipinski definition) is 1. The number of amides is 2. The van der Waals surface area contributed by atoms with Crippen LogP contribution in [0.25, 0.3) is 11.0 Å². The highest BCUT2D eigenvalue weighted by atomic mass is 32.1. The lowest BCUT2D eigenvalue weighted by Crippen LogP contribution is -2.55. The second-order valence-electron chi connectivity index (χ2n) is 11.8. The third kappa shape index (κ3) is 5.79.